The normalized spacial score (nSPS) is 14.6. The summed E-state index contributed by atoms with van der Waals surface area (Å²) in [5, 5.41) is 20.6. The van der Waals surface area contributed by atoms with E-state index in [2.05, 4.69) is 142 Å². The zero-order valence-corrected chi connectivity index (χ0v) is 65.3. The molecule has 0 aromatic heterocycles. The van der Waals surface area contributed by atoms with E-state index in [0.717, 1.165) is 141 Å². The standard InChI is InChI=1S/C83H144O16P2/c1-4-7-10-13-16-19-22-24-26-28-30-32-33-34-35-36-37-38-39-40-41-42-43-45-47-48-50-52-55-57-60-63-66-69-81(86)93-72-78(84)73-95-100(89,90)96-74-79(85)75-97-101(91,92)98-77-80(99-83(88)71-68-65-62-59-54-21-18-15-12-9-6-3)76-94-82(87)70-67-64-61-58-56-53-51-49-46-44-31-29-27-25-23-20-17-14-11-8-5-2/h7-8,10-11,16-17,19-20,24-27,30-32,34-35,44,49,51,78-80,84-85H,4-6,9,12-15,18,21-23,28-29,33,36-43,45-48,50,52-77H2,1-3H3,(H,89,90)(H,91,92)/b10-7-,11-8-,19-16-,20-17-,26-24-,27-25-,32-30-,35-34-,44-31-,51-49-. The van der Waals surface area contributed by atoms with Crippen LogP contribution in [0.4, 0.5) is 0 Å². The molecule has 0 fully saturated rings. The van der Waals surface area contributed by atoms with E-state index in [-0.39, 0.29) is 19.3 Å². The van der Waals surface area contributed by atoms with Crippen molar-refractivity contribution in [1.82, 2.24) is 0 Å². The summed E-state index contributed by atoms with van der Waals surface area (Å²) >= 11 is 0. The monoisotopic (exact) mass is 1460 g/mol. The van der Waals surface area contributed by atoms with Gasteiger partial charge in [0, 0.05) is 19.3 Å². The molecule has 0 aliphatic heterocycles. The van der Waals surface area contributed by atoms with Crippen LogP contribution in [0, 0.1) is 0 Å². The maximum Gasteiger partial charge on any atom is 0.472 e. The van der Waals surface area contributed by atoms with E-state index in [1.807, 2.05) is 0 Å². The molecule has 0 saturated carbocycles. The highest BCUT2D eigenvalue weighted by molar-refractivity contribution is 7.47. The Bertz CT molecular complexity index is 2320. The zero-order chi connectivity index (χ0) is 73.7. The molecular weight excluding hydrogens is 1310 g/mol. The second-order valence-electron chi connectivity index (χ2n) is 26.5. The lowest BCUT2D eigenvalue weighted by Crippen LogP contribution is -2.30. The zero-order valence-electron chi connectivity index (χ0n) is 63.5. The molecular formula is C83H144O16P2. The first-order valence-electron chi connectivity index (χ1n) is 39.8. The van der Waals surface area contributed by atoms with Gasteiger partial charge in [0.2, 0.25) is 0 Å². The molecule has 0 aliphatic carbocycles. The molecule has 582 valence electrons. The highest BCUT2D eigenvalue weighted by atomic mass is 31.2. The minimum atomic E-state index is -4.93. The number of hydrogen-bond acceptors (Lipinski definition) is 14. The van der Waals surface area contributed by atoms with Gasteiger partial charge < -0.3 is 34.2 Å². The Morgan fingerprint density at radius 1 is 0.287 bits per heavy atom. The smallest absolute Gasteiger partial charge is 0.463 e. The molecule has 0 aromatic carbocycles. The van der Waals surface area contributed by atoms with Crippen molar-refractivity contribution in [3.63, 3.8) is 0 Å². The molecule has 0 radical (unpaired) electrons. The fraction of sp³-hybridized carbons (Fsp3) is 0.723. The van der Waals surface area contributed by atoms with Crippen LogP contribution in [0.2, 0.25) is 0 Å². The molecule has 0 rings (SSSR count). The van der Waals surface area contributed by atoms with Gasteiger partial charge in [0.15, 0.2) is 6.10 Å². The van der Waals surface area contributed by atoms with Gasteiger partial charge in [-0.2, -0.15) is 0 Å². The predicted octanol–water partition coefficient (Wildman–Crippen LogP) is 23.3. The number of esters is 3. The quantitative estimate of drug-likeness (QED) is 0.0146. The molecule has 0 aromatic rings. The van der Waals surface area contributed by atoms with Crippen molar-refractivity contribution in [3.8, 4) is 0 Å². The average molecular weight is 1460 g/mol. The topological polar surface area (TPSA) is 231 Å². The summed E-state index contributed by atoms with van der Waals surface area (Å²) in [6, 6.07) is 0. The van der Waals surface area contributed by atoms with Gasteiger partial charge in [-0.1, -0.05) is 322 Å². The Hall–Kier alpha value is -4.05. The van der Waals surface area contributed by atoms with Crippen molar-refractivity contribution in [2.45, 2.75) is 347 Å². The molecule has 5 atom stereocenters. The van der Waals surface area contributed by atoms with Gasteiger partial charge in [-0.05, 0) is 109 Å². The Morgan fingerprint density at radius 3 is 0.832 bits per heavy atom. The van der Waals surface area contributed by atoms with Crippen LogP contribution in [0.1, 0.15) is 329 Å². The molecule has 5 unspecified atom stereocenters. The van der Waals surface area contributed by atoms with Crippen LogP contribution in [-0.2, 0) is 55.8 Å². The minimum absolute atomic E-state index is 0.101. The Balaban J connectivity index is 4.37. The number of allylic oxidation sites excluding steroid dienone is 20. The third-order valence-electron chi connectivity index (χ3n) is 16.7. The second-order valence-corrected chi connectivity index (χ2v) is 29.4. The number of carbonyl (C=O) groups is 3. The fourth-order valence-electron chi connectivity index (χ4n) is 10.7. The fourth-order valence-corrected chi connectivity index (χ4v) is 12.3. The van der Waals surface area contributed by atoms with E-state index in [0.29, 0.717) is 19.3 Å². The third-order valence-corrected chi connectivity index (χ3v) is 18.6. The van der Waals surface area contributed by atoms with E-state index in [4.69, 9.17) is 32.3 Å². The summed E-state index contributed by atoms with van der Waals surface area (Å²) < 4.78 is 61.0. The van der Waals surface area contributed by atoms with Crippen LogP contribution in [0.15, 0.2) is 122 Å². The van der Waals surface area contributed by atoms with Crippen LogP contribution < -0.4 is 0 Å². The minimum Gasteiger partial charge on any atom is -0.463 e. The van der Waals surface area contributed by atoms with E-state index >= 15 is 0 Å². The van der Waals surface area contributed by atoms with Gasteiger partial charge in [-0.15, -0.1) is 0 Å². The number of hydrogen-bond donors (Lipinski definition) is 4. The van der Waals surface area contributed by atoms with Crippen LogP contribution in [0.5, 0.6) is 0 Å². The van der Waals surface area contributed by atoms with Crippen LogP contribution in [0.25, 0.3) is 0 Å². The maximum absolute atomic E-state index is 12.9. The molecule has 0 amide bonds. The van der Waals surface area contributed by atoms with Gasteiger partial charge in [-0.25, -0.2) is 9.13 Å². The molecule has 101 heavy (non-hydrogen) atoms. The van der Waals surface area contributed by atoms with Gasteiger partial charge in [0.1, 0.15) is 25.4 Å². The van der Waals surface area contributed by atoms with Crippen LogP contribution in [-0.4, -0.2) is 95.9 Å². The number of ether oxygens (including phenoxy) is 3. The maximum atomic E-state index is 12.9. The number of aliphatic hydroxyl groups excluding tert-OH is 2. The number of carbonyl (C=O) groups excluding carboxylic acids is 3. The summed E-state index contributed by atoms with van der Waals surface area (Å²) in [6.45, 7) is 2.44. The number of phosphoric acid groups is 2. The van der Waals surface area contributed by atoms with Crippen LogP contribution >= 0.6 is 15.6 Å². The molecule has 16 nitrogen and oxygen atoms in total. The van der Waals surface area contributed by atoms with Crippen molar-refractivity contribution in [2.75, 3.05) is 39.6 Å². The molecule has 0 aliphatic rings. The summed E-state index contributed by atoms with van der Waals surface area (Å²) in [5.74, 6) is -1.59. The number of aliphatic hydroxyl groups is 2. The highest BCUT2D eigenvalue weighted by Gasteiger charge is 2.29. The van der Waals surface area contributed by atoms with Gasteiger partial charge in [0.05, 0.1) is 26.4 Å². The first kappa shape index (κ1) is 97.0. The van der Waals surface area contributed by atoms with Crippen molar-refractivity contribution in [3.05, 3.63) is 122 Å². The SMILES string of the molecule is CC/C=C\C/C=C\C/C=C\C/C=C\C/C=C\CCCCCCCCCCCCCCCCCCCC(=O)OCC(O)COP(=O)(O)OCC(O)COP(=O)(O)OCC(COC(=O)CCCCCCC/C=C\C/C=C\C/C=C\C/C=C\C/C=C\CC)OC(=O)CCCCCCCCCCCCC. The summed E-state index contributed by atoms with van der Waals surface area (Å²) in [5.41, 5.74) is 0. The van der Waals surface area contributed by atoms with E-state index < -0.39 is 91.5 Å². The molecule has 4 N–H and O–H groups in total. The number of unbranched alkanes of at least 4 members (excludes halogenated alkanes) is 32. The molecule has 0 saturated heterocycles. The molecule has 18 heteroatoms. The summed E-state index contributed by atoms with van der Waals surface area (Å²) in [6.07, 6.45) is 89.9. The van der Waals surface area contributed by atoms with Crippen molar-refractivity contribution in [1.29, 1.82) is 0 Å². The second kappa shape index (κ2) is 75.6. The summed E-state index contributed by atoms with van der Waals surface area (Å²) in [4.78, 5) is 58.5. The van der Waals surface area contributed by atoms with Gasteiger partial charge >= 0.3 is 33.6 Å². The lowest BCUT2D eigenvalue weighted by Gasteiger charge is -2.21. The molecule has 0 heterocycles. The van der Waals surface area contributed by atoms with E-state index in [1.165, 1.54) is 128 Å². The third kappa shape index (κ3) is 76.9. The van der Waals surface area contributed by atoms with Crippen LogP contribution in [0.3, 0.4) is 0 Å². The molecule has 0 spiro atoms. The average Bonchev–Trinajstić information content (AvgIpc) is 0.948. The first-order chi connectivity index (χ1) is 49.2. The molecule has 0 bridgehead atoms. The number of phosphoric ester groups is 2. The van der Waals surface area contributed by atoms with E-state index in [9.17, 15) is 43.5 Å². The van der Waals surface area contributed by atoms with Crippen molar-refractivity contribution in [2.24, 2.45) is 0 Å². The Morgan fingerprint density at radius 2 is 0.525 bits per heavy atom. The first-order valence-corrected chi connectivity index (χ1v) is 42.8. The van der Waals surface area contributed by atoms with Crippen molar-refractivity contribution >= 4 is 33.6 Å². The Labute approximate surface area is 614 Å². The van der Waals surface area contributed by atoms with Gasteiger partial charge in [-0.3, -0.25) is 32.5 Å². The lowest BCUT2D eigenvalue weighted by molar-refractivity contribution is -0.161. The van der Waals surface area contributed by atoms with E-state index in [1.54, 1.807) is 0 Å². The Kier molecular flexibility index (Phi) is 72.6. The summed E-state index contributed by atoms with van der Waals surface area (Å²) in [7, 11) is -9.78. The number of rotatable bonds is 75. The lowest BCUT2D eigenvalue weighted by atomic mass is 10.0. The van der Waals surface area contributed by atoms with Crippen molar-refractivity contribution < 1.29 is 75.8 Å². The van der Waals surface area contributed by atoms with Gasteiger partial charge in [0.25, 0.3) is 0 Å². The highest BCUT2D eigenvalue weighted by Crippen LogP contribution is 2.45. The largest absolute Gasteiger partial charge is 0.472 e. The predicted molar refractivity (Wildman–Crippen MR) is 417 cm³/mol.